The van der Waals surface area contributed by atoms with Crippen molar-refractivity contribution in [3.8, 4) is 0 Å². The van der Waals surface area contributed by atoms with Crippen LogP contribution in [-0.4, -0.2) is 47.2 Å². The molecule has 0 bridgehead atoms. The molecular formula is C16H27N3O. The van der Waals surface area contributed by atoms with Gasteiger partial charge in [-0.3, -0.25) is 4.90 Å². The third-order valence-corrected chi connectivity index (χ3v) is 4.11. The average Bonchev–Trinajstić information content (AvgIpc) is 2.47. The Balaban J connectivity index is 2.17. The van der Waals surface area contributed by atoms with Crippen molar-refractivity contribution < 1.29 is 5.11 Å². The Bertz CT molecular complexity index is 436. The van der Waals surface area contributed by atoms with E-state index in [4.69, 9.17) is 4.98 Å². The molecular weight excluding hydrogens is 250 g/mol. The van der Waals surface area contributed by atoms with Crippen LogP contribution in [0.2, 0.25) is 0 Å². The largest absolute Gasteiger partial charge is 0.392 e. The zero-order chi connectivity index (χ0) is 14.5. The summed E-state index contributed by atoms with van der Waals surface area (Å²) in [6, 6.07) is 4.62. The van der Waals surface area contributed by atoms with E-state index in [0.29, 0.717) is 6.04 Å². The van der Waals surface area contributed by atoms with Crippen LogP contribution >= 0.6 is 0 Å². The molecule has 0 radical (unpaired) electrons. The third-order valence-electron chi connectivity index (χ3n) is 4.11. The zero-order valence-electron chi connectivity index (χ0n) is 13.0. The van der Waals surface area contributed by atoms with Crippen LogP contribution in [0.25, 0.3) is 0 Å². The summed E-state index contributed by atoms with van der Waals surface area (Å²) < 4.78 is 0. The van der Waals surface area contributed by atoms with Gasteiger partial charge in [-0.25, -0.2) is 4.98 Å². The summed E-state index contributed by atoms with van der Waals surface area (Å²) in [7, 11) is 0. The topological polar surface area (TPSA) is 39.6 Å². The number of pyridine rings is 1. The predicted octanol–water partition coefficient (Wildman–Crippen LogP) is 2.06. The first-order chi connectivity index (χ1) is 9.67. The highest BCUT2D eigenvalue weighted by Crippen LogP contribution is 2.20. The van der Waals surface area contributed by atoms with E-state index < -0.39 is 0 Å². The van der Waals surface area contributed by atoms with Gasteiger partial charge in [0, 0.05) is 31.4 Å². The van der Waals surface area contributed by atoms with E-state index in [1.54, 1.807) is 0 Å². The van der Waals surface area contributed by atoms with Gasteiger partial charge in [-0.05, 0) is 37.6 Å². The maximum absolute atomic E-state index is 9.43. The van der Waals surface area contributed by atoms with Crippen molar-refractivity contribution in [3.05, 3.63) is 23.4 Å². The quantitative estimate of drug-likeness (QED) is 0.894. The Hall–Kier alpha value is -1.13. The number of aliphatic hydroxyl groups excluding tert-OH is 1. The van der Waals surface area contributed by atoms with Crippen molar-refractivity contribution in [1.82, 2.24) is 9.88 Å². The molecule has 112 valence electrons. The van der Waals surface area contributed by atoms with Gasteiger partial charge in [-0.1, -0.05) is 20.3 Å². The third kappa shape index (κ3) is 3.49. The Labute approximate surface area is 122 Å². The lowest BCUT2D eigenvalue weighted by atomic mass is 10.1. The number of anilines is 1. The maximum atomic E-state index is 9.43. The molecule has 1 aliphatic heterocycles. The highest BCUT2D eigenvalue weighted by Gasteiger charge is 2.23. The first kappa shape index (κ1) is 15.3. The van der Waals surface area contributed by atoms with Crippen molar-refractivity contribution in [2.45, 2.75) is 46.3 Å². The number of rotatable bonds is 5. The van der Waals surface area contributed by atoms with Gasteiger partial charge in [0.05, 0.1) is 6.61 Å². The van der Waals surface area contributed by atoms with Crippen molar-refractivity contribution in [1.29, 1.82) is 0 Å². The standard InChI is InChI=1S/C16H27N3O/c1-4-6-15-9-14(12-20)10-16(17-15)19-8-7-18(5-2)13(3)11-19/h9-10,13,20H,4-8,11-12H2,1-3H3. The lowest BCUT2D eigenvalue weighted by Gasteiger charge is -2.40. The van der Waals surface area contributed by atoms with Crippen LogP contribution in [0.15, 0.2) is 12.1 Å². The molecule has 1 unspecified atom stereocenters. The number of aliphatic hydroxyl groups is 1. The average molecular weight is 277 g/mol. The van der Waals surface area contributed by atoms with Crippen molar-refractivity contribution >= 4 is 5.82 Å². The molecule has 0 spiro atoms. The van der Waals surface area contributed by atoms with Crippen LogP contribution in [-0.2, 0) is 13.0 Å². The highest BCUT2D eigenvalue weighted by molar-refractivity contribution is 5.43. The van der Waals surface area contributed by atoms with Crippen molar-refractivity contribution in [2.24, 2.45) is 0 Å². The molecule has 1 aromatic heterocycles. The fourth-order valence-corrected chi connectivity index (χ4v) is 2.94. The summed E-state index contributed by atoms with van der Waals surface area (Å²) in [4.78, 5) is 9.63. The highest BCUT2D eigenvalue weighted by atomic mass is 16.3. The van der Waals surface area contributed by atoms with Crippen LogP contribution in [0.4, 0.5) is 5.82 Å². The van der Waals surface area contributed by atoms with E-state index in [1.165, 1.54) is 0 Å². The number of hydrogen-bond donors (Lipinski definition) is 1. The second kappa shape index (κ2) is 7.04. The minimum Gasteiger partial charge on any atom is -0.392 e. The summed E-state index contributed by atoms with van der Waals surface area (Å²) in [5, 5.41) is 9.43. The lowest BCUT2D eigenvalue weighted by Crippen LogP contribution is -2.52. The van der Waals surface area contributed by atoms with E-state index in [2.05, 4.69) is 30.6 Å². The summed E-state index contributed by atoms with van der Waals surface area (Å²) >= 11 is 0. The van der Waals surface area contributed by atoms with Gasteiger partial charge in [0.1, 0.15) is 5.82 Å². The summed E-state index contributed by atoms with van der Waals surface area (Å²) in [6.45, 7) is 11.0. The zero-order valence-corrected chi connectivity index (χ0v) is 13.0. The van der Waals surface area contributed by atoms with E-state index in [9.17, 15) is 5.11 Å². The van der Waals surface area contributed by atoms with E-state index in [1.807, 2.05) is 12.1 Å². The van der Waals surface area contributed by atoms with Gasteiger partial charge in [-0.15, -0.1) is 0 Å². The van der Waals surface area contributed by atoms with Crippen LogP contribution in [0, 0.1) is 0 Å². The number of hydrogen-bond acceptors (Lipinski definition) is 4. The van der Waals surface area contributed by atoms with E-state index in [0.717, 1.165) is 56.1 Å². The van der Waals surface area contributed by atoms with Crippen LogP contribution in [0.5, 0.6) is 0 Å². The monoisotopic (exact) mass is 277 g/mol. The molecule has 2 rings (SSSR count). The molecule has 2 heterocycles. The molecule has 1 aromatic rings. The summed E-state index contributed by atoms with van der Waals surface area (Å²) in [5.41, 5.74) is 2.07. The Kier molecular flexibility index (Phi) is 5.38. The molecule has 1 saturated heterocycles. The van der Waals surface area contributed by atoms with Crippen LogP contribution < -0.4 is 4.90 Å². The van der Waals surface area contributed by atoms with Gasteiger partial charge in [0.2, 0.25) is 0 Å². The SMILES string of the molecule is CCCc1cc(CO)cc(N2CCN(CC)C(C)C2)n1. The second-order valence-corrected chi connectivity index (χ2v) is 5.66. The molecule has 1 N–H and O–H groups in total. The van der Waals surface area contributed by atoms with E-state index in [-0.39, 0.29) is 6.61 Å². The minimum absolute atomic E-state index is 0.0940. The molecule has 0 aromatic carbocycles. The second-order valence-electron chi connectivity index (χ2n) is 5.66. The first-order valence-electron chi connectivity index (χ1n) is 7.77. The number of nitrogens with zero attached hydrogens (tertiary/aromatic N) is 3. The predicted molar refractivity (Wildman–Crippen MR) is 83.1 cm³/mol. The number of likely N-dealkylation sites (N-methyl/N-ethyl adjacent to an activating group) is 1. The number of aryl methyl sites for hydroxylation is 1. The van der Waals surface area contributed by atoms with Gasteiger partial charge >= 0.3 is 0 Å². The molecule has 1 aliphatic rings. The van der Waals surface area contributed by atoms with Gasteiger partial charge < -0.3 is 10.0 Å². The molecule has 1 fully saturated rings. The molecule has 0 saturated carbocycles. The number of aromatic nitrogens is 1. The molecule has 1 atom stereocenters. The Morgan fingerprint density at radius 1 is 1.30 bits per heavy atom. The normalized spacial score (nSPS) is 20.4. The molecule has 20 heavy (non-hydrogen) atoms. The van der Waals surface area contributed by atoms with Gasteiger partial charge in [0.15, 0.2) is 0 Å². The fraction of sp³-hybridized carbons (Fsp3) is 0.688. The van der Waals surface area contributed by atoms with Crippen LogP contribution in [0.1, 0.15) is 38.4 Å². The van der Waals surface area contributed by atoms with Crippen molar-refractivity contribution in [2.75, 3.05) is 31.1 Å². The maximum Gasteiger partial charge on any atom is 0.129 e. The van der Waals surface area contributed by atoms with E-state index >= 15 is 0 Å². The molecule has 4 nitrogen and oxygen atoms in total. The van der Waals surface area contributed by atoms with Gasteiger partial charge in [-0.2, -0.15) is 0 Å². The molecule has 4 heteroatoms. The van der Waals surface area contributed by atoms with Crippen molar-refractivity contribution in [3.63, 3.8) is 0 Å². The lowest BCUT2D eigenvalue weighted by molar-refractivity contribution is 0.199. The first-order valence-corrected chi connectivity index (χ1v) is 7.77. The number of piperazine rings is 1. The smallest absolute Gasteiger partial charge is 0.129 e. The van der Waals surface area contributed by atoms with Crippen LogP contribution in [0.3, 0.4) is 0 Å². The minimum atomic E-state index is 0.0940. The Morgan fingerprint density at radius 3 is 2.70 bits per heavy atom. The molecule has 0 amide bonds. The summed E-state index contributed by atoms with van der Waals surface area (Å²) in [5.74, 6) is 1.03. The fourth-order valence-electron chi connectivity index (χ4n) is 2.94. The van der Waals surface area contributed by atoms with Gasteiger partial charge in [0.25, 0.3) is 0 Å². The Morgan fingerprint density at radius 2 is 2.10 bits per heavy atom. The summed E-state index contributed by atoms with van der Waals surface area (Å²) in [6.07, 6.45) is 2.06. The molecule has 0 aliphatic carbocycles.